The molecule has 0 spiro atoms. The summed E-state index contributed by atoms with van der Waals surface area (Å²) in [6, 6.07) is 0.681. The average molecular weight is 177 g/mol. The molecule has 1 saturated carbocycles. The highest BCUT2D eigenvalue weighted by Gasteiger charge is 2.38. The first-order chi connectivity index (χ1) is 6.26. The molecule has 0 bridgehead atoms. The third kappa shape index (κ3) is 1.46. The Bertz CT molecular complexity index is 242. The molecule has 1 nitrogen and oxygen atoms in total. The van der Waals surface area contributed by atoms with E-state index in [1.807, 2.05) is 0 Å². The zero-order chi connectivity index (χ0) is 9.31. The second-order valence-electron chi connectivity index (χ2n) is 4.56. The summed E-state index contributed by atoms with van der Waals surface area (Å²) in [5.74, 6) is 0.705. The summed E-state index contributed by atoms with van der Waals surface area (Å²) in [4.78, 5) is 0. The van der Waals surface area contributed by atoms with Gasteiger partial charge < -0.3 is 5.32 Å². The molecule has 2 rings (SSSR count). The molecule has 0 heterocycles. The Morgan fingerprint density at radius 1 is 1.38 bits per heavy atom. The van der Waals surface area contributed by atoms with Crippen LogP contribution >= 0.6 is 0 Å². The van der Waals surface area contributed by atoms with Gasteiger partial charge in [0.05, 0.1) is 0 Å². The number of nitrogens with one attached hydrogen (secondary N) is 1. The second-order valence-corrected chi connectivity index (χ2v) is 4.56. The first-order valence-corrected chi connectivity index (χ1v) is 5.29. The van der Waals surface area contributed by atoms with Crippen molar-refractivity contribution in [2.45, 2.75) is 32.2 Å². The van der Waals surface area contributed by atoms with Gasteiger partial charge in [0, 0.05) is 12.0 Å². The summed E-state index contributed by atoms with van der Waals surface area (Å²) in [5.41, 5.74) is 0.417. The lowest BCUT2D eigenvalue weighted by molar-refractivity contribution is 0.166. The molecule has 0 aromatic rings. The maximum Gasteiger partial charge on any atom is 0.0135 e. The SMILES string of the molecule is CNC1CCCC2(C)C=CC=CC12. The lowest BCUT2D eigenvalue weighted by atomic mass is 9.63. The summed E-state index contributed by atoms with van der Waals surface area (Å²) in [6.07, 6.45) is 13.2. The van der Waals surface area contributed by atoms with Crippen LogP contribution in [-0.4, -0.2) is 13.1 Å². The van der Waals surface area contributed by atoms with E-state index in [0.717, 1.165) is 0 Å². The predicted octanol–water partition coefficient (Wildman–Crippen LogP) is 2.51. The van der Waals surface area contributed by atoms with Crippen molar-refractivity contribution in [2.75, 3.05) is 7.05 Å². The molecular formula is C12H19N. The van der Waals surface area contributed by atoms with Crippen molar-refractivity contribution in [1.82, 2.24) is 5.32 Å². The monoisotopic (exact) mass is 177 g/mol. The van der Waals surface area contributed by atoms with Crippen molar-refractivity contribution in [3.63, 3.8) is 0 Å². The minimum Gasteiger partial charge on any atom is -0.316 e. The number of fused-ring (bicyclic) bond motifs is 1. The average Bonchev–Trinajstić information content (AvgIpc) is 2.15. The van der Waals surface area contributed by atoms with Crippen molar-refractivity contribution in [2.24, 2.45) is 11.3 Å². The zero-order valence-corrected chi connectivity index (χ0v) is 8.59. The van der Waals surface area contributed by atoms with Crippen LogP contribution in [0.1, 0.15) is 26.2 Å². The quantitative estimate of drug-likeness (QED) is 0.649. The summed E-state index contributed by atoms with van der Waals surface area (Å²) in [7, 11) is 2.09. The van der Waals surface area contributed by atoms with E-state index in [-0.39, 0.29) is 0 Å². The zero-order valence-electron chi connectivity index (χ0n) is 8.59. The van der Waals surface area contributed by atoms with Gasteiger partial charge in [-0.25, -0.2) is 0 Å². The maximum atomic E-state index is 3.44. The molecule has 0 aliphatic heterocycles. The van der Waals surface area contributed by atoms with E-state index in [4.69, 9.17) is 0 Å². The van der Waals surface area contributed by atoms with Crippen LogP contribution in [0.3, 0.4) is 0 Å². The lowest BCUT2D eigenvalue weighted by Gasteiger charge is -2.44. The summed E-state index contributed by atoms with van der Waals surface area (Å²) < 4.78 is 0. The molecule has 1 fully saturated rings. The van der Waals surface area contributed by atoms with Crippen LogP contribution in [0.2, 0.25) is 0 Å². The molecule has 2 aliphatic rings. The lowest BCUT2D eigenvalue weighted by Crippen LogP contribution is -2.45. The van der Waals surface area contributed by atoms with E-state index in [0.29, 0.717) is 17.4 Å². The fourth-order valence-electron chi connectivity index (χ4n) is 2.84. The molecule has 0 amide bonds. The molecule has 13 heavy (non-hydrogen) atoms. The van der Waals surface area contributed by atoms with Crippen molar-refractivity contribution < 1.29 is 0 Å². The van der Waals surface area contributed by atoms with E-state index in [1.54, 1.807) is 0 Å². The molecule has 1 heteroatoms. The van der Waals surface area contributed by atoms with Gasteiger partial charge in [-0.3, -0.25) is 0 Å². The summed E-state index contributed by atoms with van der Waals surface area (Å²) >= 11 is 0. The fraction of sp³-hybridized carbons (Fsp3) is 0.667. The van der Waals surface area contributed by atoms with E-state index in [1.165, 1.54) is 19.3 Å². The number of hydrogen-bond donors (Lipinski definition) is 1. The van der Waals surface area contributed by atoms with Gasteiger partial charge in [-0.2, -0.15) is 0 Å². The molecule has 72 valence electrons. The van der Waals surface area contributed by atoms with Gasteiger partial charge >= 0.3 is 0 Å². The topological polar surface area (TPSA) is 12.0 Å². The van der Waals surface area contributed by atoms with Gasteiger partial charge in [-0.05, 0) is 25.3 Å². The van der Waals surface area contributed by atoms with Gasteiger partial charge in [-0.15, -0.1) is 0 Å². The molecule has 3 unspecified atom stereocenters. The third-order valence-electron chi connectivity index (χ3n) is 3.70. The maximum absolute atomic E-state index is 3.44. The van der Waals surface area contributed by atoms with Crippen molar-refractivity contribution in [3.05, 3.63) is 24.3 Å². The van der Waals surface area contributed by atoms with E-state index in [2.05, 4.69) is 43.6 Å². The normalized spacial score (nSPS) is 43.2. The van der Waals surface area contributed by atoms with Crippen LogP contribution in [0.5, 0.6) is 0 Å². The Labute approximate surface area is 80.9 Å². The van der Waals surface area contributed by atoms with Gasteiger partial charge in [-0.1, -0.05) is 37.6 Å². The fourth-order valence-corrected chi connectivity index (χ4v) is 2.84. The van der Waals surface area contributed by atoms with Crippen LogP contribution in [0.15, 0.2) is 24.3 Å². The van der Waals surface area contributed by atoms with E-state index in [9.17, 15) is 0 Å². The molecule has 0 saturated heterocycles. The van der Waals surface area contributed by atoms with Gasteiger partial charge in [0.1, 0.15) is 0 Å². The van der Waals surface area contributed by atoms with Gasteiger partial charge in [0.25, 0.3) is 0 Å². The molecule has 1 N–H and O–H groups in total. The smallest absolute Gasteiger partial charge is 0.0135 e. The standard InChI is InChI=1S/C12H19N/c1-12-8-4-3-6-10(12)11(13-2)7-5-9-12/h3-4,6,8,10-11,13H,5,7,9H2,1-2H3. The van der Waals surface area contributed by atoms with E-state index < -0.39 is 0 Å². The Morgan fingerprint density at radius 3 is 3.00 bits per heavy atom. The molecule has 2 aliphatic carbocycles. The Hall–Kier alpha value is -0.560. The minimum absolute atomic E-state index is 0.417. The highest BCUT2D eigenvalue weighted by atomic mass is 14.9. The Kier molecular flexibility index (Phi) is 2.29. The highest BCUT2D eigenvalue weighted by Crippen LogP contribution is 2.44. The summed E-state index contributed by atoms with van der Waals surface area (Å²) in [5, 5.41) is 3.44. The Balaban J connectivity index is 2.23. The van der Waals surface area contributed by atoms with Crippen LogP contribution in [0.25, 0.3) is 0 Å². The molecule has 0 radical (unpaired) electrons. The van der Waals surface area contributed by atoms with Crippen LogP contribution in [0, 0.1) is 11.3 Å². The first kappa shape index (κ1) is 9.01. The summed E-state index contributed by atoms with van der Waals surface area (Å²) in [6.45, 7) is 2.39. The molecule has 3 atom stereocenters. The van der Waals surface area contributed by atoms with Crippen LogP contribution in [0.4, 0.5) is 0 Å². The predicted molar refractivity (Wildman–Crippen MR) is 56.6 cm³/mol. The van der Waals surface area contributed by atoms with E-state index >= 15 is 0 Å². The first-order valence-electron chi connectivity index (χ1n) is 5.29. The molecule has 0 aromatic heterocycles. The number of hydrogen-bond acceptors (Lipinski definition) is 1. The third-order valence-corrected chi connectivity index (χ3v) is 3.70. The van der Waals surface area contributed by atoms with Gasteiger partial charge in [0.2, 0.25) is 0 Å². The second kappa shape index (κ2) is 3.30. The van der Waals surface area contributed by atoms with Crippen molar-refractivity contribution in [3.8, 4) is 0 Å². The Morgan fingerprint density at radius 2 is 2.23 bits per heavy atom. The van der Waals surface area contributed by atoms with Crippen molar-refractivity contribution in [1.29, 1.82) is 0 Å². The molecule has 0 aromatic carbocycles. The van der Waals surface area contributed by atoms with Crippen molar-refractivity contribution >= 4 is 0 Å². The molecular weight excluding hydrogens is 158 g/mol. The largest absolute Gasteiger partial charge is 0.316 e. The van der Waals surface area contributed by atoms with Crippen LogP contribution < -0.4 is 5.32 Å². The minimum atomic E-state index is 0.417. The van der Waals surface area contributed by atoms with Gasteiger partial charge in [0.15, 0.2) is 0 Å². The number of allylic oxidation sites excluding steroid dienone is 3. The number of rotatable bonds is 1. The van der Waals surface area contributed by atoms with Crippen LogP contribution in [-0.2, 0) is 0 Å². The highest BCUT2D eigenvalue weighted by molar-refractivity contribution is 5.22.